The van der Waals surface area contributed by atoms with Crippen LogP contribution in [0.2, 0.25) is 5.02 Å². The minimum absolute atomic E-state index is 0.0381. The fraction of sp³-hybridized carbons (Fsp3) is 0.412. The molecule has 0 saturated carbocycles. The molecule has 1 saturated heterocycles. The van der Waals surface area contributed by atoms with E-state index in [-0.39, 0.29) is 11.9 Å². The molecule has 1 atom stereocenters. The van der Waals surface area contributed by atoms with Crippen LogP contribution in [0.4, 0.5) is 0 Å². The SMILES string of the molecule is O=C(CCc1ncc(-c2ccccc2Cl)o1)NC1CCCNC1. The molecule has 23 heavy (non-hydrogen) atoms. The van der Waals surface area contributed by atoms with Gasteiger partial charge in [-0.15, -0.1) is 0 Å². The Morgan fingerprint density at radius 2 is 2.30 bits per heavy atom. The van der Waals surface area contributed by atoms with Gasteiger partial charge >= 0.3 is 0 Å². The second-order valence-electron chi connectivity index (χ2n) is 5.71. The monoisotopic (exact) mass is 333 g/mol. The molecule has 1 aliphatic rings. The van der Waals surface area contributed by atoms with Crippen LogP contribution >= 0.6 is 11.6 Å². The molecule has 1 amide bonds. The molecule has 1 aromatic heterocycles. The number of amides is 1. The lowest BCUT2D eigenvalue weighted by molar-refractivity contribution is -0.121. The van der Waals surface area contributed by atoms with Gasteiger partial charge in [0.15, 0.2) is 11.7 Å². The summed E-state index contributed by atoms with van der Waals surface area (Å²) in [4.78, 5) is 16.2. The molecule has 2 aromatic rings. The molecule has 122 valence electrons. The van der Waals surface area contributed by atoms with Crippen molar-refractivity contribution in [2.24, 2.45) is 0 Å². The predicted molar refractivity (Wildman–Crippen MR) is 89.3 cm³/mol. The molecule has 0 radical (unpaired) electrons. The highest BCUT2D eigenvalue weighted by Crippen LogP contribution is 2.28. The Bertz CT molecular complexity index is 665. The fourth-order valence-corrected chi connectivity index (χ4v) is 2.94. The van der Waals surface area contributed by atoms with E-state index in [9.17, 15) is 4.79 Å². The van der Waals surface area contributed by atoms with Crippen LogP contribution in [0.15, 0.2) is 34.9 Å². The molecule has 3 rings (SSSR count). The number of piperidine rings is 1. The van der Waals surface area contributed by atoms with Crippen LogP contribution < -0.4 is 10.6 Å². The highest BCUT2D eigenvalue weighted by atomic mass is 35.5. The lowest BCUT2D eigenvalue weighted by Gasteiger charge is -2.23. The first-order valence-corrected chi connectivity index (χ1v) is 8.30. The van der Waals surface area contributed by atoms with E-state index in [0.29, 0.717) is 29.5 Å². The van der Waals surface area contributed by atoms with Crippen molar-refractivity contribution in [3.8, 4) is 11.3 Å². The van der Waals surface area contributed by atoms with Crippen LogP contribution in [-0.4, -0.2) is 30.0 Å². The number of hydrogen-bond donors (Lipinski definition) is 2. The number of aromatic nitrogens is 1. The lowest BCUT2D eigenvalue weighted by Crippen LogP contribution is -2.45. The number of rotatable bonds is 5. The van der Waals surface area contributed by atoms with Crippen molar-refractivity contribution in [1.29, 1.82) is 0 Å². The number of halogens is 1. The van der Waals surface area contributed by atoms with Crippen LogP contribution in [0.1, 0.15) is 25.2 Å². The molecule has 0 aliphatic carbocycles. The van der Waals surface area contributed by atoms with Crippen molar-refractivity contribution < 1.29 is 9.21 Å². The smallest absolute Gasteiger partial charge is 0.220 e. The van der Waals surface area contributed by atoms with Crippen molar-refractivity contribution >= 4 is 17.5 Å². The number of nitrogens with one attached hydrogen (secondary N) is 2. The fourth-order valence-electron chi connectivity index (χ4n) is 2.71. The van der Waals surface area contributed by atoms with Gasteiger partial charge in [0.05, 0.1) is 11.2 Å². The van der Waals surface area contributed by atoms with E-state index in [2.05, 4.69) is 15.6 Å². The molecule has 1 fully saturated rings. The average molecular weight is 334 g/mol. The van der Waals surface area contributed by atoms with E-state index in [0.717, 1.165) is 31.5 Å². The first-order chi connectivity index (χ1) is 11.2. The Hall–Kier alpha value is -1.85. The van der Waals surface area contributed by atoms with E-state index in [1.54, 1.807) is 6.20 Å². The molecule has 2 N–H and O–H groups in total. The summed E-state index contributed by atoms with van der Waals surface area (Å²) >= 11 is 6.15. The first kappa shape index (κ1) is 16.0. The zero-order valence-electron chi connectivity index (χ0n) is 12.8. The van der Waals surface area contributed by atoms with Crippen molar-refractivity contribution in [3.63, 3.8) is 0 Å². The summed E-state index contributed by atoms with van der Waals surface area (Å²) in [6.45, 7) is 1.88. The number of nitrogens with zero attached hydrogens (tertiary/aromatic N) is 1. The third-order valence-corrected chi connectivity index (χ3v) is 4.25. The molecule has 5 nitrogen and oxygen atoms in total. The quantitative estimate of drug-likeness (QED) is 0.883. The number of carbonyl (C=O) groups is 1. The molecule has 0 spiro atoms. The van der Waals surface area contributed by atoms with Crippen molar-refractivity contribution in [1.82, 2.24) is 15.6 Å². The third kappa shape index (κ3) is 4.33. The summed E-state index contributed by atoms with van der Waals surface area (Å²) in [6, 6.07) is 7.70. The summed E-state index contributed by atoms with van der Waals surface area (Å²) in [5.41, 5.74) is 0.811. The van der Waals surface area contributed by atoms with Gasteiger partial charge in [0, 0.05) is 31.0 Å². The van der Waals surface area contributed by atoms with E-state index < -0.39 is 0 Å². The molecular weight excluding hydrogens is 314 g/mol. The zero-order chi connectivity index (χ0) is 16.1. The molecular formula is C17H20ClN3O2. The highest BCUT2D eigenvalue weighted by Gasteiger charge is 2.16. The Labute approximate surface area is 140 Å². The minimum Gasteiger partial charge on any atom is -0.441 e. The van der Waals surface area contributed by atoms with Gasteiger partial charge < -0.3 is 15.1 Å². The number of benzene rings is 1. The standard InChI is InChI=1S/C17H20ClN3O2/c18-14-6-2-1-5-13(14)15-11-20-17(23-15)8-7-16(22)21-12-4-3-9-19-10-12/h1-2,5-6,11-12,19H,3-4,7-10H2,(H,21,22). The number of hydrogen-bond acceptors (Lipinski definition) is 4. The van der Waals surface area contributed by atoms with Crippen LogP contribution in [0, 0.1) is 0 Å². The van der Waals surface area contributed by atoms with E-state index in [1.807, 2.05) is 24.3 Å². The maximum atomic E-state index is 12.0. The normalized spacial score (nSPS) is 17.9. The van der Waals surface area contributed by atoms with Gasteiger partial charge in [0.25, 0.3) is 0 Å². The second kappa shape index (κ2) is 7.62. The van der Waals surface area contributed by atoms with Gasteiger partial charge in [0.2, 0.25) is 5.91 Å². The third-order valence-electron chi connectivity index (χ3n) is 3.92. The zero-order valence-corrected chi connectivity index (χ0v) is 13.6. The number of carbonyl (C=O) groups excluding carboxylic acids is 1. The molecule has 1 aliphatic heterocycles. The van der Waals surface area contributed by atoms with Crippen molar-refractivity contribution in [2.75, 3.05) is 13.1 Å². The van der Waals surface area contributed by atoms with E-state index in [1.165, 1.54) is 0 Å². The van der Waals surface area contributed by atoms with Crippen molar-refractivity contribution in [2.45, 2.75) is 31.7 Å². The Morgan fingerprint density at radius 3 is 3.09 bits per heavy atom. The van der Waals surface area contributed by atoms with Crippen LogP contribution in [0.3, 0.4) is 0 Å². The van der Waals surface area contributed by atoms with Crippen LogP contribution in [0.5, 0.6) is 0 Å². The Balaban J connectivity index is 1.53. The largest absolute Gasteiger partial charge is 0.441 e. The van der Waals surface area contributed by atoms with Gasteiger partial charge in [-0.1, -0.05) is 23.7 Å². The molecule has 1 aromatic carbocycles. The summed E-state index contributed by atoms with van der Waals surface area (Å²) in [5, 5.41) is 6.95. The highest BCUT2D eigenvalue weighted by molar-refractivity contribution is 6.33. The average Bonchev–Trinajstić information content (AvgIpc) is 3.03. The first-order valence-electron chi connectivity index (χ1n) is 7.92. The molecule has 2 heterocycles. The molecule has 1 unspecified atom stereocenters. The Kier molecular flexibility index (Phi) is 5.31. The molecule has 6 heteroatoms. The van der Waals surface area contributed by atoms with Gasteiger partial charge in [-0.25, -0.2) is 4.98 Å². The number of aryl methyl sites for hydroxylation is 1. The van der Waals surface area contributed by atoms with E-state index in [4.69, 9.17) is 16.0 Å². The van der Waals surface area contributed by atoms with Gasteiger partial charge in [-0.3, -0.25) is 4.79 Å². The summed E-state index contributed by atoms with van der Waals surface area (Å²) in [5.74, 6) is 1.22. The van der Waals surface area contributed by atoms with Gasteiger partial charge in [-0.05, 0) is 31.5 Å². The second-order valence-corrected chi connectivity index (χ2v) is 6.12. The Morgan fingerprint density at radius 1 is 1.43 bits per heavy atom. The predicted octanol–water partition coefficient (Wildman–Crippen LogP) is 2.80. The van der Waals surface area contributed by atoms with Crippen LogP contribution in [0.25, 0.3) is 11.3 Å². The summed E-state index contributed by atoms with van der Waals surface area (Å²) in [6.07, 6.45) is 4.65. The van der Waals surface area contributed by atoms with Crippen molar-refractivity contribution in [3.05, 3.63) is 41.4 Å². The van der Waals surface area contributed by atoms with Gasteiger partial charge in [-0.2, -0.15) is 0 Å². The minimum atomic E-state index is 0.0381. The topological polar surface area (TPSA) is 67.2 Å². The van der Waals surface area contributed by atoms with Gasteiger partial charge in [0.1, 0.15) is 0 Å². The summed E-state index contributed by atoms with van der Waals surface area (Å²) in [7, 11) is 0. The molecule has 0 bridgehead atoms. The maximum absolute atomic E-state index is 12.0. The van der Waals surface area contributed by atoms with E-state index >= 15 is 0 Å². The lowest BCUT2D eigenvalue weighted by atomic mass is 10.1. The maximum Gasteiger partial charge on any atom is 0.220 e. The van der Waals surface area contributed by atoms with Crippen LogP contribution in [-0.2, 0) is 11.2 Å². The summed E-state index contributed by atoms with van der Waals surface area (Å²) < 4.78 is 5.70. The number of oxazole rings is 1.